The number of pyridine rings is 1. The van der Waals surface area contributed by atoms with Crippen LogP contribution in [0.4, 0.5) is 5.82 Å². The molecular weight excluding hydrogens is 362 g/mol. The third-order valence-corrected chi connectivity index (χ3v) is 6.59. The van der Waals surface area contributed by atoms with E-state index in [1.54, 1.807) is 16.6 Å². The van der Waals surface area contributed by atoms with Gasteiger partial charge in [0, 0.05) is 24.8 Å². The van der Waals surface area contributed by atoms with Crippen LogP contribution in [0.15, 0.2) is 47.5 Å². The number of aryl methyl sites for hydroxylation is 1. The predicted octanol–water partition coefficient (Wildman–Crippen LogP) is 3.31. The molecule has 1 saturated heterocycles. The molecule has 1 aliphatic rings. The molecule has 0 saturated carbocycles. The van der Waals surface area contributed by atoms with Gasteiger partial charge in [-0.15, -0.1) is 0 Å². The van der Waals surface area contributed by atoms with Crippen LogP contribution < -0.4 is 5.32 Å². The van der Waals surface area contributed by atoms with Crippen molar-refractivity contribution >= 4 is 21.7 Å². The first kappa shape index (κ1) is 19.5. The number of benzene rings is 1. The highest BCUT2D eigenvalue weighted by Gasteiger charge is 2.31. The number of aromatic nitrogens is 1. The minimum absolute atomic E-state index is 0.216. The third kappa shape index (κ3) is 4.54. The number of carbonyl (C=O) groups is 1. The third-order valence-electron chi connectivity index (χ3n) is 4.74. The van der Waals surface area contributed by atoms with Crippen molar-refractivity contribution in [1.29, 1.82) is 0 Å². The second-order valence-corrected chi connectivity index (χ2v) is 9.41. The average molecular weight is 388 g/mol. The first-order valence-corrected chi connectivity index (χ1v) is 10.5. The lowest BCUT2D eigenvalue weighted by molar-refractivity contribution is 0.102. The van der Waals surface area contributed by atoms with Gasteiger partial charge in [0.1, 0.15) is 5.82 Å². The SMILES string of the molecule is Cc1ccc(NC(=O)c2ccc(S(=O)(=O)N3CC(C)CC(C)C3)cc2)nc1. The monoisotopic (exact) mass is 387 g/mol. The number of amides is 1. The quantitative estimate of drug-likeness (QED) is 0.873. The molecule has 2 heterocycles. The van der Waals surface area contributed by atoms with Gasteiger partial charge in [-0.2, -0.15) is 4.31 Å². The van der Waals surface area contributed by atoms with E-state index in [9.17, 15) is 13.2 Å². The fourth-order valence-corrected chi connectivity index (χ4v) is 5.14. The van der Waals surface area contributed by atoms with Crippen LogP contribution in [0.1, 0.15) is 36.2 Å². The number of carbonyl (C=O) groups excluding carboxylic acids is 1. The molecule has 6 nitrogen and oxygen atoms in total. The molecule has 1 aromatic carbocycles. The van der Waals surface area contributed by atoms with E-state index in [4.69, 9.17) is 0 Å². The molecule has 1 aliphatic heterocycles. The number of nitrogens with zero attached hydrogens (tertiary/aromatic N) is 2. The van der Waals surface area contributed by atoms with E-state index in [1.165, 1.54) is 24.3 Å². The van der Waals surface area contributed by atoms with Crippen LogP contribution in [0.5, 0.6) is 0 Å². The summed E-state index contributed by atoms with van der Waals surface area (Å²) >= 11 is 0. The second-order valence-electron chi connectivity index (χ2n) is 7.47. The van der Waals surface area contributed by atoms with Gasteiger partial charge in [-0.25, -0.2) is 13.4 Å². The Morgan fingerprint density at radius 1 is 1.07 bits per heavy atom. The lowest BCUT2D eigenvalue weighted by Gasteiger charge is -2.34. The van der Waals surface area contributed by atoms with E-state index < -0.39 is 10.0 Å². The van der Waals surface area contributed by atoms with Gasteiger partial charge in [0.2, 0.25) is 10.0 Å². The summed E-state index contributed by atoms with van der Waals surface area (Å²) in [6.07, 6.45) is 2.71. The molecule has 0 bridgehead atoms. The minimum Gasteiger partial charge on any atom is -0.307 e. The first-order chi connectivity index (χ1) is 12.8. The summed E-state index contributed by atoms with van der Waals surface area (Å²) in [5, 5.41) is 2.71. The van der Waals surface area contributed by atoms with Crippen molar-refractivity contribution in [1.82, 2.24) is 9.29 Å². The van der Waals surface area contributed by atoms with E-state index in [0.29, 0.717) is 36.3 Å². The molecular formula is C20H25N3O3S. The molecule has 1 amide bonds. The summed E-state index contributed by atoms with van der Waals surface area (Å²) in [5.74, 6) is 0.820. The number of piperidine rings is 1. The maximum atomic E-state index is 12.9. The highest BCUT2D eigenvalue weighted by atomic mass is 32.2. The summed E-state index contributed by atoms with van der Waals surface area (Å²) < 4.78 is 27.3. The van der Waals surface area contributed by atoms with Gasteiger partial charge in [-0.3, -0.25) is 4.79 Å². The maximum absolute atomic E-state index is 12.9. The van der Waals surface area contributed by atoms with E-state index in [2.05, 4.69) is 24.1 Å². The highest BCUT2D eigenvalue weighted by Crippen LogP contribution is 2.26. The van der Waals surface area contributed by atoms with E-state index in [0.717, 1.165) is 12.0 Å². The Labute approximate surface area is 160 Å². The zero-order valence-electron chi connectivity index (χ0n) is 15.8. The lowest BCUT2D eigenvalue weighted by atomic mass is 9.94. The molecule has 1 fully saturated rings. The average Bonchev–Trinajstić information content (AvgIpc) is 2.63. The summed E-state index contributed by atoms with van der Waals surface area (Å²) in [5.41, 5.74) is 1.39. The molecule has 3 rings (SSSR count). The van der Waals surface area contributed by atoms with Crippen molar-refractivity contribution in [2.45, 2.75) is 32.1 Å². The zero-order chi connectivity index (χ0) is 19.6. The van der Waals surface area contributed by atoms with Crippen LogP contribution in [0.2, 0.25) is 0 Å². The fraction of sp³-hybridized carbons (Fsp3) is 0.400. The molecule has 0 radical (unpaired) electrons. The van der Waals surface area contributed by atoms with Crippen LogP contribution in [-0.4, -0.2) is 36.7 Å². The number of anilines is 1. The molecule has 2 aromatic rings. The summed E-state index contributed by atoms with van der Waals surface area (Å²) in [6.45, 7) is 7.14. The number of rotatable bonds is 4. The van der Waals surface area contributed by atoms with Gasteiger partial charge >= 0.3 is 0 Å². The minimum atomic E-state index is -3.54. The summed E-state index contributed by atoms with van der Waals surface area (Å²) in [6, 6.07) is 9.65. The second kappa shape index (κ2) is 7.78. The first-order valence-electron chi connectivity index (χ1n) is 9.10. The molecule has 2 unspecified atom stereocenters. The Kier molecular flexibility index (Phi) is 5.62. The predicted molar refractivity (Wildman–Crippen MR) is 105 cm³/mol. The molecule has 144 valence electrons. The summed E-state index contributed by atoms with van der Waals surface area (Å²) in [7, 11) is -3.54. The van der Waals surface area contributed by atoms with Gasteiger partial charge < -0.3 is 5.32 Å². The zero-order valence-corrected chi connectivity index (χ0v) is 16.7. The van der Waals surface area contributed by atoms with E-state index >= 15 is 0 Å². The van der Waals surface area contributed by atoms with Gasteiger partial charge in [0.25, 0.3) is 5.91 Å². The lowest BCUT2D eigenvalue weighted by Crippen LogP contribution is -2.42. The van der Waals surface area contributed by atoms with Gasteiger partial charge in [0.05, 0.1) is 4.90 Å². The Hall–Kier alpha value is -2.25. The smallest absolute Gasteiger partial charge is 0.256 e. The van der Waals surface area contributed by atoms with Crippen molar-refractivity contribution in [2.24, 2.45) is 11.8 Å². The van der Waals surface area contributed by atoms with Crippen molar-refractivity contribution in [3.05, 3.63) is 53.7 Å². The van der Waals surface area contributed by atoms with Crippen LogP contribution in [-0.2, 0) is 10.0 Å². The Morgan fingerprint density at radius 2 is 1.70 bits per heavy atom. The van der Waals surface area contributed by atoms with Gasteiger partial charge in [-0.1, -0.05) is 19.9 Å². The van der Waals surface area contributed by atoms with Crippen molar-refractivity contribution in [2.75, 3.05) is 18.4 Å². The Balaban J connectivity index is 1.74. The highest BCUT2D eigenvalue weighted by molar-refractivity contribution is 7.89. The number of hydrogen-bond acceptors (Lipinski definition) is 4. The van der Waals surface area contributed by atoms with Crippen molar-refractivity contribution in [3.8, 4) is 0 Å². The number of nitrogens with one attached hydrogen (secondary N) is 1. The van der Waals surface area contributed by atoms with Gasteiger partial charge in [0.15, 0.2) is 0 Å². The summed E-state index contributed by atoms with van der Waals surface area (Å²) in [4.78, 5) is 16.7. The van der Waals surface area contributed by atoms with Gasteiger partial charge in [-0.05, 0) is 61.1 Å². The van der Waals surface area contributed by atoms with Crippen molar-refractivity contribution in [3.63, 3.8) is 0 Å². The molecule has 1 aromatic heterocycles. The Bertz CT molecular complexity index is 898. The molecule has 1 N–H and O–H groups in total. The molecule has 2 atom stereocenters. The number of hydrogen-bond donors (Lipinski definition) is 1. The maximum Gasteiger partial charge on any atom is 0.256 e. The van der Waals surface area contributed by atoms with Crippen molar-refractivity contribution < 1.29 is 13.2 Å². The Morgan fingerprint density at radius 3 is 2.26 bits per heavy atom. The fourth-order valence-electron chi connectivity index (χ4n) is 3.46. The normalized spacial score (nSPS) is 21.0. The molecule has 0 spiro atoms. The van der Waals surface area contributed by atoms with Crippen LogP contribution in [0, 0.1) is 18.8 Å². The largest absolute Gasteiger partial charge is 0.307 e. The molecule has 7 heteroatoms. The van der Waals surface area contributed by atoms with Crippen LogP contribution >= 0.6 is 0 Å². The standard InChI is InChI=1S/C20H25N3O3S/c1-14-4-9-19(21-11-14)22-20(24)17-5-7-18(8-6-17)27(25,26)23-12-15(2)10-16(3)13-23/h4-9,11,15-16H,10,12-13H2,1-3H3,(H,21,22,24). The van der Waals surface area contributed by atoms with Crippen LogP contribution in [0.3, 0.4) is 0 Å². The molecule has 27 heavy (non-hydrogen) atoms. The molecule has 0 aliphatic carbocycles. The van der Waals surface area contributed by atoms with E-state index in [-0.39, 0.29) is 10.8 Å². The number of sulfonamides is 1. The van der Waals surface area contributed by atoms with Crippen LogP contribution in [0.25, 0.3) is 0 Å². The van der Waals surface area contributed by atoms with E-state index in [1.807, 2.05) is 13.0 Å². The topological polar surface area (TPSA) is 79.4 Å².